The molecule has 0 aromatic heterocycles. The fourth-order valence-electron chi connectivity index (χ4n) is 2.08. The highest BCUT2D eigenvalue weighted by Gasteiger charge is 2.24. The third-order valence-electron chi connectivity index (χ3n) is 3.24. The number of hydrogen-bond donors (Lipinski definition) is 2. The third-order valence-corrected chi connectivity index (χ3v) is 3.73. The van der Waals surface area contributed by atoms with Gasteiger partial charge in [0.2, 0.25) is 0 Å². The number of benzene rings is 1. The quantitative estimate of drug-likeness (QED) is 0.613. The Morgan fingerprint density at radius 1 is 1.45 bits per heavy atom. The first-order chi connectivity index (χ1) is 9.25. The van der Waals surface area contributed by atoms with Gasteiger partial charge in [0.05, 0.1) is 4.92 Å². The number of rotatable bonds is 6. The van der Waals surface area contributed by atoms with E-state index in [-0.39, 0.29) is 28.7 Å². The van der Waals surface area contributed by atoms with Gasteiger partial charge in [0.25, 0.3) is 5.69 Å². The minimum atomic E-state index is -0.373. The minimum Gasteiger partial charge on any atom is -0.396 e. The Kier molecular flexibility index (Phi) is 6.10. The summed E-state index contributed by atoms with van der Waals surface area (Å²) in [6.07, 6.45) is 0.616. The molecule has 0 bridgehead atoms. The molecule has 1 aromatic carbocycles. The fourth-order valence-corrected chi connectivity index (χ4v) is 2.49. The molecule has 0 aliphatic rings. The number of nitro benzene ring substituents is 1. The van der Waals surface area contributed by atoms with Crippen LogP contribution in [-0.2, 0) is 6.54 Å². The van der Waals surface area contributed by atoms with Gasteiger partial charge in [-0.05, 0) is 24.0 Å². The minimum absolute atomic E-state index is 0.0243. The van der Waals surface area contributed by atoms with Crippen molar-refractivity contribution in [1.82, 2.24) is 5.32 Å². The average Bonchev–Trinajstić information content (AvgIpc) is 2.32. The lowest BCUT2D eigenvalue weighted by Gasteiger charge is -2.31. The number of nitro groups is 1. The molecule has 0 heterocycles. The molecule has 0 saturated carbocycles. The molecule has 0 saturated heterocycles. The summed E-state index contributed by atoms with van der Waals surface area (Å²) in [5.74, 6) is 0. The SMILES string of the molecule is CC(C)(C)C(CCO)NCc1cc(Br)ccc1[N+](=O)[O-]. The molecule has 0 fully saturated rings. The maximum atomic E-state index is 11.0. The van der Waals surface area contributed by atoms with Gasteiger partial charge in [-0.1, -0.05) is 36.7 Å². The van der Waals surface area contributed by atoms with E-state index in [9.17, 15) is 10.1 Å². The van der Waals surface area contributed by atoms with Crippen LogP contribution in [0, 0.1) is 15.5 Å². The monoisotopic (exact) mass is 344 g/mol. The number of aliphatic hydroxyl groups excluding tert-OH is 1. The van der Waals surface area contributed by atoms with Gasteiger partial charge in [0.15, 0.2) is 0 Å². The van der Waals surface area contributed by atoms with Crippen molar-refractivity contribution < 1.29 is 10.0 Å². The summed E-state index contributed by atoms with van der Waals surface area (Å²) in [5.41, 5.74) is 0.720. The highest BCUT2D eigenvalue weighted by atomic mass is 79.9. The molecule has 1 rings (SSSR count). The van der Waals surface area contributed by atoms with E-state index in [4.69, 9.17) is 5.11 Å². The van der Waals surface area contributed by atoms with Gasteiger partial charge in [0.1, 0.15) is 0 Å². The van der Waals surface area contributed by atoms with E-state index in [1.807, 2.05) is 0 Å². The number of nitrogens with one attached hydrogen (secondary N) is 1. The molecule has 0 amide bonds. The summed E-state index contributed by atoms with van der Waals surface area (Å²) < 4.78 is 0.814. The smallest absolute Gasteiger partial charge is 0.273 e. The van der Waals surface area contributed by atoms with Crippen LogP contribution in [0.4, 0.5) is 5.69 Å². The predicted octanol–water partition coefficient (Wildman–Crippen LogP) is 3.24. The molecule has 1 aromatic rings. The summed E-state index contributed by atoms with van der Waals surface area (Å²) in [6.45, 7) is 6.73. The highest BCUT2D eigenvalue weighted by molar-refractivity contribution is 9.10. The second-order valence-electron chi connectivity index (χ2n) is 5.84. The molecule has 0 aliphatic carbocycles. The molecule has 112 valence electrons. The second kappa shape index (κ2) is 7.15. The molecule has 2 N–H and O–H groups in total. The van der Waals surface area contributed by atoms with Crippen LogP contribution in [0.5, 0.6) is 0 Å². The molecule has 0 radical (unpaired) electrons. The predicted molar refractivity (Wildman–Crippen MR) is 82.6 cm³/mol. The van der Waals surface area contributed by atoms with Gasteiger partial charge in [-0.3, -0.25) is 10.1 Å². The van der Waals surface area contributed by atoms with Crippen molar-refractivity contribution in [3.63, 3.8) is 0 Å². The maximum absolute atomic E-state index is 11.0. The summed E-state index contributed by atoms with van der Waals surface area (Å²) >= 11 is 3.33. The lowest BCUT2D eigenvalue weighted by molar-refractivity contribution is -0.385. The van der Waals surface area contributed by atoms with Crippen molar-refractivity contribution in [2.75, 3.05) is 6.61 Å². The summed E-state index contributed by atoms with van der Waals surface area (Å²) in [6, 6.07) is 5.01. The standard InChI is InChI=1S/C14H21BrN2O3/c1-14(2,3)13(6-7-18)16-9-10-8-11(15)4-5-12(10)17(19)20/h4-5,8,13,16,18H,6-7,9H2,1-3H3. The van der Waals surface area contributed by atoms with Gasteiger partial charge >= 0.3 is 0 Å². The molecule has 1 atom stereocenters. The van der Waals surface area contributed by atoms with E-state index in [1.165, 1.54) is 6.07 Å². The van der Waals surface area contributed by atoms with Crippen LogP contribution in [0.15, 0.2) is 22.7 Å². The van der Waals surface area contributed by atoms with Crippen LogP contribution >= 0.6 is 15.9 Å². The van der Waals surface area contributed by atoms with Gasteiger partial charge < -0.3 is 10.4 Å². The zero-order valence-corrected chi connectivity index (χ0v) is 13.6. The van der Waals surface area contributed by atoms with E-state index >= 15 is 0 Å². The van der Waals surface area contributed by atoms with Crippen LogP contribution in [0.2, 0.25) is 0 Å². The van der Waals surface area contributed by atoms with Gasteiger partial charge in [0, 0.05) is 35.3 Å². The Morgan fingerprint density at radius 3 is 2.60 bits per heavy atom. The zero-order valence-electron chi connectivity index (χ0n) is 12.0. The number of halogens is 1. The van der Waals surface area contributed by atoms with Crippen LogP contribution < -0.4 is 5.32 Å². The van der Waals surface area contributed by atoms with Crippen molar-refractivity contribution in [3.05, 3.63) is 38.3 Å². The first kappa shape index (κ1) is 17.1. The van der Waals surface area contributed by atoms with E-state index < -0.39 is 0 Å². The summed E-state index contributed by atoms with van der Waals surface area (Å²) in [5, 5.41) is 23.5. The van der Waals surface area contributed by atoms with Crippen LogP contribution in [0.1, 0.15) is 32.8 Å². The summed E-state index contributed by atoms with van der Waals surface area (Å²) in [4.78, 5) is 10.6. The molecule has 0 aliphatic heterocycles. The third kappa shape index (κ3) is 4.85. The molecule has 0 spiro atoms. The second-order valence-corrected chi connectivity index (χ2v) is 6.76. The van der Waals surface area contributed by atoms with Crippen molar-refractivity contribution in [2.45, 2.75) is 39.8 Å². The summed E-state index contributed by atoms with van der Waals surface area (Å²) in [7, 11) is 0. The average molecular weight is 345 g/mol. The fraction of sp³-hybridized carbons (Fsp3) is 0.571. The van der Waals surface area contributed by atoms with Crippen LogP contribution in [0.25, 0.3) is 0 Å². The molecule has 20 heavy (non-hydrogen) atoms. The first-order valence-corrected chi connectivity index (χ1v) is 7.32. The Balaban J connectivity index is 2.87. The normalized spacial score (nSPS) is 13.2. The molecule has 5 nitrogen and oxygen atoms in total. The van der Waals surface area contributed by atoms with Crippen LogP contribution in [0.3, 0.4) is 0 Å². The largest absolute Gasteiger partial charge is 0.396 e. The first-order valence-electron chi connectivity index (χ1n) is 6.52. The molecule has 6 heteroatoms. The van der Waals surface area contributed by atoms with Gasteiger partial charge in [-0.25, -0.2) is 0 Å². The van der Waals surface area contributed by atoms with E-state index in [0.717, 1.165) is 4.47 Å². The van der Waals surface area contributed by atoms with E-state index in [0.29, 0.717) is 18.5 Å². The number of hydrogen-bond acceptors (Lipinski definition) is 4. The number of nitrogens with zero attached hydrogens (tertiary/aromatic N) is 1. The van der Waals surface area contributed by atoms with Gasteiger partial charge in [-0.15, -0.1) is 0 Å². The Morgan fingerprint density at radius 2 is 2.10 bits per heavy atom. The van der Waals surface area contributed by atoms with E-state index in [1.54, 1.807) is 12.1 Å². The topological polar surface area (TPSA) is 75.4 Å². The maximum Gasteiger partial charge on any atom is 0.273 e. The molecular formula is C14H21BrN2O3. The van der Waals surface area contributed by atoms with Crippen molar-refractivity contribution in [1.29, 1.82) is 0 Å². The van der Waals surface area contributed by atoms with Crippen LogP contribution in [-0.4, -0.2) is 22.7 Å². The van der Waals surface area contributed by atoms with Crippen molar-refractivity contribution >= 4 is 21.6 Å². The lowest BCUT2D eigenvalue weighted by Crippen LogP contribution is -2.40. The molecular weight excluding hydrogens is 324 g/mol. The Labute approximate surface area is 127 Å². The Bertz CT molecular complexity index is 472. The van der Waals surface area contributed by atoms with Crippen molar-refractivity contribution in [2.24, 2.45) is 5.41 Å². The molecule has 1 unspecified atom stereocenters. The Hall–Kier alpha value is -0.980. The van der Waals surface area contributed by atoms with Gasteiger partial charge in [-0.2, -0.15) is 0 Å². The van der Waals surface area contributed by atoms with E-state index in [2.05, 4.69) is 42.0 Å². The zero-order chi connectivity index (χ0) is 15.3. The highest BCUT2D eigenvalue weighted by Crippen LogP contribution is 2.25. The number of aliphatic hydroxyl groups is 1. The lowest BCUT2D eigenvalue weighted by atomic mass is 9.85. The van der Waals surface area contributed by atoms with Crippen molar-refractivity contribution in [3.8, 4) is 0 Å².